The van der Waals surface area contributed by atoms with Gasteiger partial charge in [-0.05, 0) is 55.3 Å². The molecule has 2 aromatic carbocycles. The van der Waals surface area contributed by atoms with E-state index >= 15 is 0 Å². The van der Waals surface area contributed by atoms with E-state index in [4.69, 9.17) is 39.5 Å². The molecular formula is C24H18Cl3F3N2O5. The van der Waals surface area contributed by atoms with Crippen LogP contribution in [-0.4, -0.2) is 41.1 Å². The molecule has 7 nitrogen and oxygen atoms in total. The lowest BCUT2D eigenvalue weighted by Crippen LogP contribution is -2.34. The molecule has 1 saturated carbocycles. The summed E-state index contributed by atoms with van der Waals surface area (Å²) in [4.78, 5) is 51.2. The lowest BCUT2D eigenvalue weighted by Gasteiger charge is -2.28. The van der Waals surface area contributed by atoms with Crippen LogP contribution >= 0.6 is 34.8 Å². The van der Waals surface area contributed by atoms with Crippen molar-refractivity contribution in [2.45, 2.75) is 29.8 Å². The number of hydrogen-bond donors (Lipinski definition) is 1. The maximum Gasteiger partial charge on any atom is 0.416 e. The molecule has 2 aromatic rings. The predicted molar refractivity (Wildman–Crippen MR) is 130 cm³/mol. The van der Waals surface area contributed by atoms with Crippen molar-refractivity contribution in [3.63, 3.8) is 0 Å². The average Bonchev–Trinajstić information content (AvgIpc) is 3.07. The molecule has 1 saturated heterocycles. The summed E-state index contributed by atoms with van der Waals surface area (Å²) in [5.41, 5.74) is -1.02. The lowest BCUT2D eigenvalue weighted by atomic mass is 9.80. The Morgan fingerprint density at radius 2 is 1.54 bits per heavy atom. The summed E-state index contributed by atoms with van der Waals surface area (Å²) in [7, 11) is 0. The van der Waals surface area contributed by atoms with E-state index in [2.05, 4.69) is 5.32 Å². The van der Waals surface area contributed by atoms with Crippen LogP contribution in [0.4, 0.5) is 24.5 Å². The van der Waals surface area contributed by atoms with Gasteiger partial charge in [-0.3, -0.25) is 19.3 Å². The molecule has 37 heavy (non-hydrogen) atoms. The highest BCUT2D eigenvalue weighted by molar-refractivity contribution is 6.33. The first-order valence-electron chi connectivity index (χ1n) is 11.0. The Kier molecular flexibility index (Phi) is 7.73. The number of ether oxygens (including phenoxy) is 1. The number of alkyl halides is 5. The topological polar surface area (TPSA) is 92.8 Å². The van der Waals surface area contributed by atoms with Gasteiger partial charge in [-0.1, -0.05) is 11.6 Å². The van der Waals surface area contributed by atoms with Gasteiger partial charge in [-0.25, -0.2) is 4.79 Å². The maximum atomic E-state index is 12.9. The smallest absolute Gasteiger partial charge is 0.416 e. The highest BCUT2D eigenvalue weighted by Gasteiger charge is 2.52. The predicted octanol–water partition coefficient (Wildman–Crippen LogP) is 5.27. The largest absolute Gasteiger partial charge is 0.452 e. The van der Waals surface area contributed by atoms with Crippen LogP contribution in [0.5, 0.6) is 0 Å². The third-order valence-corrected chi connectivity index (χ3v) is 7.60. The van der Waals surface area contributed by atoms with Crippen molar-refractivity contribution >= 4 is 69.9 Å². The van der Waals surface area contributed by atoms with Gasteiger partial charge in [0.1, 0.15) is 0 Å². The number of amides is 3. The Balaban J connectivity index is 1.37. The molecule has 4 rings (SSSR count). The summed E-state index contributed by atoms with van der Waals surface area (Å²) in [6, 6.07) is 7.83. The summed E-state index contributed by atoms with van der Waals surface area (Å²) >= 11 is 18.2. The molecule has 0 radical (unpaired) electrons. The molecule has 0 aromatic heterocycles. The number of carbonyl (C=O) groups is 4. The van der Waals surface area contributed by atoms with Crippen molar-refractivity contribution in [1.82, 2.24) is 0 Å². The van der Waals surface area contributed by atoms with E-state index in [-0.39, 0.29) is 33.8 Å². The second kappa shape index (κ2) is 10.5. The molecule has 4 atom stereocenters. The molecule has 3 amide bonds. The van der Waals surface area contributed by atoms with Gasteiger partial charge in [0.05, 0.1) is 50.1 Å². The number of rotatable bonds is 5. The number of hydrogen-bond acceptors (Lipinski definition) is 5. The third-order valence-electron chi connectivity index (χ3n) is 6.17. The van der Waals surface area contributed by atoms with Gasteiger partial charge < -0.3 is 10.1 Å². The Morgan fingerprint density at radius 3 is 2.08 bits per heavy atom. The highest BCUT2D eigenvalue weighted by atomic mass is 35.5. The lowest BCUT2D eigenvalue weighted by molar-refractivity contribution is -0.137. The molecule has 0 unspecified atom stereocenters. The fraction of sp³-hybridized carbons (Fsp3) is 0.333. The van der Waals surface area contributed by atoms with Crippen molar-refractivity contribution < 1.29 is 37.1 Å². The number of carbonyl (C=O) groups excluding carboxylic acids is 4. The summed E-state index contributed by atoms with van der Waals surface area (Å²) in [6.45, 7) is -0.793. The van der Waals surface area contributed by atoms with Crippen LogP contribution in [0.15, 0.2) is 42.5 Å². The summed E-state index contributed by atoms with van der Waals surface area (Å²) in [5, 5.41) is 1.20. The van der Waals surface area contributed by atoms with Gasteiger partial charge >= 0.3 is 12.1 Å². The molecule has 2 aliphatic rings. The molecule has 2 fully saturated rings. The molecule has 13 heteroatoms. The Labute approximate surface area is 223 Å². The van der Waals surface area contributed by atoms with E-state index in [1.807, 2.05) is 0 Å². The molecule has 196 valence electrons. The standard InChI is InChI=1S/C24H18Cl3F3N2O5/c25-16-6-3-12(24(28,29)30)7-19(16)31-20(33)10-37-23(36)11-1-4-13(5-2-11)32-21(34)14-8-17(26)18(27)9-15(14)22(32)35/h1-7,14-15,17-18H,8-10H2,(H,31,33)/t14-,15-,17-,18+/m1/s1. The van der Waals surface area contributed by atoms with Gasteiger partial charge in [0, 0.05) is 0 Å². The van der Waals surface area contributed by atoms with Crippen LogP contribution in [0.25, 0.3) is 0 Å². The quantitative estimate of drug-likeness (QED) is 0.297. The van der Waals surface area contributed by atoms with Gasteiger partial charge in [0.25, 0.3) is 5.91 Å². The van der Waals surface area contributed by atoms with Crippen LogP contribution in [0.2, 0.25) is 5.02 Å². The number of nitrogens with zero attached hydrogens (tertiary/aromatic N) is 1. The number of halogens is 6. The normalized spacial score (nSPS) is 23.6. The highest BCUT2D eigenvalue weighted by Crippen LogP contribution is 2.43. The first-order chi connectivity index (χ1) is 17.4. The van der Waals surface area contributed by atoms with E-state index in [0.717, 1.165) is 17.0 Å². The van der Waals surface area contributed by atoms with Gasteiger partial charge in [-0.2, -0.15) is 13.2 Å². The Bertz CT molecular complexity index is 1230. The first kappa shape index (κ1) is 27.2. The molecule has 0 spiro atoms. The second-order valence-electron chi connectivity index (χ2n) is 8.59. The van der Waals surface area contributed by atoms with Crippen LogP contribution in [-0.2, 0) is 25.3 Å². The molecule has 1 aliphatic carbocycles. The van der Waals surface area contributed by atoms with E-state index < -0.39 is 52.8 Å². The van der Waals surface area contributed by atoms with Gasteiger partial charge in [0.2, 0.25) is 11.8 Å². The number of fused-ring (bicyclic) bond motifs is 1. The zero-order chi connectivity index (χ0) is 27.1. The number of imide groups is 1. The monoisotopic (exact) mass is 576 g/mol. The van der Waals surface area contributed by atoms with Crippen LogP contribution < -0.4 is 10.2 Å². The molecular weight excluding hydrogens is 560 g/mol. The molecule has 1 heterocycles. The van der Waals surface area contributed by atoms with Crippen molar-refractivity contribution in [1.29, 1.82) is 0 Å². The zero-order valence-corrected chi connectivity index (χ0v) is 21.0. The van der Waals surface area contributed by atoms with Crippen molar-refractivity contribution in [3.05, 3.63) is 58.6 Å². The number of benzene rings is 2. The van der Waals surface area contributed by atoms with E-state index in [9.17, 15) is 32.3 Å². The minimum atomic E-state index is -4.63. The van der Waals surface area contributed by atoms with Crippen molar-refractivity contribution in [3.8, 4) is 0 Å². The van der Waals surface area contributed by atoms with Gasteiger partial charge in [-0.15, -0.1) is 23.2 Å². The first-order valence-corrected chi connectivity index (χ1v) is 12.2. The average molecular weight is 578 g/mol. The van der Waals surface area contributed by atoms with Crippen LogP contribution in [0.1, 0.15) is 28.8 Å². The van der Waals surface area contributed by atoms with Gasteiger partial charge in [0.15, 0.2) is 6.61 Å². The fourth-order valence-electron chi connectivity index (χ4n) is 4.29. The summed E-state index contributed by atoms with van der Waals surface area (Å²) in [6.07, 6.45) is -4.05. The van der Waals surface area contributed by atoms with E-state index in [1.165, 1.54) is 24.3 Å². The van der Waals surface area contributed by atoms with E-state index in [0.29, 0.717) is 18.9 Å². The SMILES string of the molecule is O=C(COC(=O)c1ccc(N2C(=O)[C@@H]3C[C@@H](Cl)[C@@H](Cl)C[C@H]3C2=O)cc1)Nc1cc(C(F)(F)F)ccc1Cl. The number of esters is 1. The van der Waals surface area contributed by atoms with Crippen LogP contribution in [0, 0.1) is 11.8 Å². The fourth-order valence-corrected chi connectivity index (χ4v) is 5.05. The maximum absolute atomic E-state index is 12.9. The number of nitrogens with one attached hydrogen (secondary N) is 1. The summed E-state index contributed by atoms with van der Waals surface area (Å²) < 4.78 is 43.6. The third kappa shape index (κ3) is 5.71. The minimum Gasteiger partial charge on any atom is -0.452 e. The Morgan fingerprint density at radius 1 is 0.973 bits per heavy atom. The van der Waals surface area contributed by atoms with Crippen molar-refractivity contribution in [2.75, 3.05) is 16.8 Å². The second-order valence-corrected chi connectivity index (χ2v) is 10.1. The molecule has 1 N–H and O–H groups in total. The minimum absolute atomic E-state index is 0.0202. The number of anilines is 2. The summed E-state index contributed by atoms with van der Waals surface area (Å²) in [5.74, 6) is -3.69. The van der Waals surface area contributed by atoms with E-state index in [1.54, 1.807) is 0 Å². The van der Waals surface area contributed by atoms with Crippen molar-refractivity contribution in [2.24, 2.45) is 11.8 Å². The zero-order valence-electron chi connectivity index (χ0n) is 18.7. The molecule has 1 aliphatic heterocycles. The van der Waals surface area contributed by atoms with Crippen LogP contribution in [0.3, 0.4) is 0 Å². The Hall–Kier alpha value is -2.82. The molecule has 0 bridgehead atoms.